The van der Waals surface area contributed by atoms with Crippen LogP contribution in [0, 0.1) is 26.6 Å². The third-order valence-corrected chi connectivity index (χ3v) is 3.51. The number of nitrogens with one attached hydrogen (secondary N) is 1. The molecule has 0 aromatic heterocycles. The third kappa shape index (κ3) is 3.40. The van der Waals surface area contributed by atoms with Gasteiger partial charge in [0.05, 0.1) is 5.56 Å². The first-order valence-corrected chi connectivity index (χ1v) is 6.72. The van der Waals surface area contributed by atoms with Crippen molar-refractivity contribution >= 4 is 11.7 Å². The van der Waals surface area contributed by atoms with Crippen LogP contribution < -0.4 is 5.32 Å². The Morgan fingerprint density at radius 1 is 1.14 bits per heavy atom. The SMILES string of the molecule is Cc1cc(C)c(CNc2ccc(F)c(C(=O)O)c2)c(C)c1. The summed E-state index contributed by atoms with van der Waals surface area (Å²) in [6.07, 6.45) is 0. The number of halogens is 1. The van der Waals surface area contributed by atoms with Gasteiger partial charge in [-0.3, -0.25) is 0 Å². The molecular formula is C17H18FNO2. The lowest BCUT2D eigenvalue weighted by Crippen LogP contribution is -2.06. The van der Waals surface area contributed by atoms with Gasteiger partial charge in [-0.2, -0.15) is 0 Å². The predicted octanol–water partition coefficient (Wildman–Crippen LogP) is 4.06. The van der Waals surface area contributed by atoms with Crippen molar-refractivity contribution in [3.05, 3.63) is 64.0 Å². The number of aryl methyl sites for hydroxylation is 3. The van der Waals surface area contributed by atoms with Gasteiger partial charge in [0.1, 0.15) is 5.82 Å². The maximum atomic E-state index is 13.3. The molecule has 3 nitrogen and oxygen atoms in total. The first-order valence-electron chi connectivity index (χ1n) is 6.72. The lowest BCUT2D eigenvalue weighted by Gasteiger charge is -2.13. The second kappa shape index (κ2) is 5.95. The molecule has 21 heavy (non-hydrogen) atoms. The molecule has 0 aliphatic carbocycles. The van der Waals surface area contributed by atoms with E-state index >= 15 is 0 Å². The van der Waals surface area contributed by atoms with Gasteiger partial charge in [0.15, 0.2) is 0 Å². The zero-order valence-electron chi connectivity index (χ0n) is 12.3. The van der Waals surface area contributed by atoms with Crippen molar-refractivity contribution in [1.29, 1.82) is 0 Å². The van der Waals surface area contributed by atoms with E-state index in [9.17, 15) is 9.18 Å². The van der Waals surface area contributed by atoms with Crippen LogP contribution in [0.15, 0.2) is 30.3 Å². The lowest BCUT2D eigenvalue weighted by atomic mass is 10.00. The van der Waals surface area contributed by atoms with Gasteiger partial charge in [0.25, 0.3) is 0 Å². The molecule has 0 aliphatic rings. The second-order valence-electron chi connectivity index (χ2n) is 5.23. The van der Waals surface area contributed by atoms with E-state index in [-0.39, 0.29) is 5.56 Å². The molecule has 0 saturated heterocycles. The molecule has 0 heterocycles. The zero-order chi connectivity index (χ0) is 15.6. The molecule has 0 saturated carbocycles. The monoisotopic (exact) mass is 287 g/mol. The van der Waals surface area contributed by atoms with Crippen molar-refractivity contribution in [2.75, 3.05) is 5.32 Å². The molecule has 0 atom stereocenters. The molecule has 0 amide bonds. The largest absolute Gasteiger partial charge is 0.478 e. The molecule has 4 heteroatoms. The molecule has 0 aliphatic heterocycles. The van der Waals surface area contributed by atoms with Crippen LogP contribution in [0.4, 0.5) is 10.1 Å². The van der Waals surface area contributed by atoms with Crippen LogP contribution in [0.1, 0.15) is 32.6 Å². The number of rotatable bonds is 4. The Bertz CT molecular complexity index is 672. The van der Waals surface area contributed by atoms with E-state index in [0.29, 0.717) is 12.2 Å². The summed E-state index contributed by atoms with van der Waals surface area (Å²) in [6.45, 7) is 6.72. The number of hydrogen-bond acceptors (Lipinski definition) is 2. The van der Waals surface area contributed by atoms with E-state index in [1.54, 1.807) is 6.07 Å². The lowest BCUT2D eigenvalue weighted by molar-refractivity contribution is 0.0692. The van der Waals surface area contributed by atoms with E-state index in [0.717, 1.165) is 0 Å². The van der Waals surface area contributed by atoms with Crippen molar-refractivity contribution in [2.45, 2.75) is 27.3 Å². The summed E-state index contributed by atoms with van der Waals surface area (Å²) < 4.78 is 13.3. The Labute approximate surface area is 123 Å². The molecule has 2 aromatic carbocycles. The van der Waals surface area contributed by atoms with Gasteiger partial charge in [-0.05, 0) is 55.7 Å². The summed E-state index contributed by atoms with van der Waals surface area (Å²) in [5, 5.41) is 12.1. The maximum absolute atomic E-state index is 13.3. The van der Waals surface area contributed by atoms with Gasteiger partial charge in [-0.1, -0.05) is 17.7 Å². The van der Waals surface area contributed by atoms with E-state index in [1.807, 2.05) is 13.8 Å². The van der Waals surface area contributed by atoms with Crippen LogP contribution in [0.2, 0.25) is 0 Å². The van der Waals surface area contributed by atoms with Crippen molar-refractivity contribution in [3.63, 3.8) is 0 Å². The molecule has 2 rings (SSSR count). The standard InChI is InChI=1S/C17H18FNO2/c1-10-6-11(2)15(12(3)7-10)9-19-13-4-5-16(18)14(8-13)17(20)21/h4-8,19H,9H2,1-3H3,(H,20,21). The number of carboxylic acids is 1. The molecule has 0 radical (unpaired) electrons. The van der Waals surface area contributed by atoms with Crippen LogP contribution >= 0.6 is 0 Å². The van der Waals surface area contributed by atoms with Crippen LogP contribution in [-0.4, -0.2) is 11.1 Å². The fourth-order valence-electron chi connectivity index (χ4n) is 2.48. The van der Waals surface area contributed by atoms with E-state index < -0.39 is 11.8 Å². The first-order chi connectivity index (χ1) is 9.88. The molecule has 0 fully saturated rings. The van der Waals surface area contributed by atoms with Crippen molar-refractivity contribution < 1.29 is 14.3 Å². The van der Waals surface area contributed by atoms with Crippen molar-refractivity contribution in [3.8, 4) is 0 Å². The number of hydrogen-bond donors (Lipinski definition) is 2. The van der Waals surface area contributed by atoms with E-state index in [4.69, 9.17) is 5.11 Å². The van der Waals surface area contributed by atoms with Crippen LogP contribution in [0.25, 0.3) is 0 Å². The van der Waals surface area contributed by atoms with Crippen LogP contribution in [0.5, 0.6) is 0 Å². The van der Waals surface area contributed by atoms with Gasteiger partial charge in [0, 0.05) is 12.2 Å². The van der Waals surface area contributed by atoms with E-state index in [2.05, 4.69) is 24.4 Å². The normalized spacial score (nSPS) is 10.5. The van der Waals surface area contributed by atoms with Gasteiger partial charge < -0.3 is 10.4 Å². The Balaban J connectivity index is 2.21. The molecule has 0 spiro atoms. The summed E-state index contributed by atoms with van der Waals surface area (Å²) >= 11 is 0. The molecule has 2 aromatic rings. The average Bonchev–Trinajstić information content (AvgIpc) is 2.38. The maximum Gasteiger partial charge on any atom is 0.338 e. The highest BCUT2D eigenvalue weighted by atomic mass is 19.1. The Hall–Kier alpha value is -2.36. The Kier molecular flexibility index (Phi) is 4.26. The minimum Gasteiger partial charge on any atom is -0.478 e. The summed E-state index contributed by atoms with van der Waals surface area (Å²) in [5.74, 6) is -1.99. The van der Waals surface area contributed by atoms with Gasteiger partial charge >= 0.3 is 5.97 Å². The Morgan fingerprint density at radius 2 is 1.76 bits per heavy atom. The first kappa shape index (κ1) is 15.0. The average molecular weight is 287 g/mol. The van der Waals surface area contributed by atoms with Crippen molar-refractivity contribution in [1.82, 2.24) is 0 Å². The summed E-state index contributed by atoms with van der Waals surface area (Å²) in [6, 6.07) is 8.24. The molecule has 0 bridgehead atoms. The molecular weight excluding hydrogens is 269 g/mol. The quantitative estimate of drug-likeness (QED) is 0.891. The fourth-order valence-corrected chi connectivity index (χ4v) is 2.48. The van der Waals surface area contributed by atoms with Crippen LogP contribution in [0.3, 0.4) is 0 Å². The second-order valence-corrected chi connectivity index (χ2v) is 5.23. The van der Waals surface area contributed by atoms with Gasteiger partial charge in [-0.25, -0.2) is 9.18 Å². The third-order valence-electron chi connectivity index (χ3n) is 3.51. The molecule has 0 unspecified atom stereocenters. The predicted molar refractivity (Wildman–Crippen MR) is 81.3 cm³/mol. The number of benzene rings is 2. The summed E-state index contributed by atoms with van der Waals surface area (Å²) in [7, 11) is 0. The highest BCUT2D eigenvalue weighted by Crippen LogP contribution is 2.20. The number of carboxylic acid groups (broad SMARTS) is 1. The highest BCUT2D eigenvalue weighted by Gasteiger charge is 2.11. The molecule has 110 valence electrons. The number of aromatic carboxylic acids is 1. The fraction of sp³-hybridized carbons (Fsp3) is 0.235. The topological polar surface area (TPSA) is 49.3 Å². The van der Waals surface area contributed by atoms with Gasteiger partial charge in [-0.15, -0.1) is 0 Å². The highest BCUT2D eigenvalue weighted by molar-refractivity contribution is 5.89. The number of carbonyl (C=O) groups is 1. The number of anilines is 1. The van der Waals surface area contributed by atoms with Crippen molar-refractivity contribution in [2.24, 2.45) is 0 Å². The van der Waals surface area contributed by atoms with E-state index in [1.165, 1.54) is 34.4 Å². The summed E-state index contributed by atoms with van der Waals surface area (Å²) in [5.41, 5.74) is 5.01. The molecule has 2 N–H and O–H groups in total. The minimum absolute atomic E-state index is 0.322. The van der Waals surface area contributed by atoms with Crippen LogP contribution in [-0.2, 0) is 6.54 Å². The summed E-state index contributed by atoms with van der Waals surface area (Å²) in [4.78, 5) is 10.9. The van der Waals surface area contributed by atoms with Gasteiger partial charge in [0.2, 0.25) is 0 Å². The Morgan fingerprint density at radius 3 is 2.33 bits per heavy atom. The zero-order valence-corrected chi connectivity index (χ0v) is 12.3. The smallest absolute Gasteiger partial charge is 0.338 e. The minimum atomic E-state index is -1.26.